The van der Waals surface area contributed by atoms with Gasteiger partial charge in [-0.05, 0) is 20.3 Å². The van der Waals surface area contributed by atoms with Crippen LogP contribution in [-0.4, -0.2) is 31.2 Å². The summed E-state index contributed by atoms with van der Waals surface area (Å²) in [5.41, 5.74) is 2.84. The zero-order valence-corrected chi connectivity index (χ0v) is 17.3. The lowest BCUT2D eigenvalue weighted by molar-refractivity contribution is 0.322. The Bertz CT molecular complexity index is 1370. The number of aryl methyl sites for hydroxylation is 2. The van der Waals surface area contributed by atoms with Crippen LogP contribution in [0.15, 0.2) is 45.4 Å². The van der Waals surface area contributed by atoms with E-state index in [9.17, 15) is 10.1 Å². The first-order valence-electron chi connectivity index (χ1n) is 9.81. The number of hydrogen-bond donors (Lipinski definition) is 2. The summed E-state index contributed by atoms with van der Waals surface area (Å²) in [6.45, 7) is 5.91. The number of H-pyrrole nitrogens is 2. The Balaban J connectivity index is 1.90. The first kappa shape index (κ1) is 20.0. The fourth-order valence-corrected chi connectivity index (χ4v) is 3.34. The molecule has 0 aliphatic carbocycles. The van der Waals surface area contributed by atoms with Gasteiger partial charge in [0.05, 0.1) is 23.7 Å². The van der Waals surface area contributed by atoms with E-state index in [1.165, 1.54) is 0 Å². The van der Waals surface area contributed by atoms with Gasteiger partial charge < -0.3 is 4.74 Å². The third kappa shape index (κ3) is 3.46. The van der Waals surface area contributed by atoms with Crippen molar-refractivity contribution in [3.8, 4) is 23.2 Å². The minimum Gasteiger partial charge on any atom is -0.477 e. The van der Waals surface area contributed by atoms with Crippen LogP contribution in [0, 0.1) is 18.3 Å². The monoisotopic (exact) mass is 416 g/mol. The molecule has 4 aromatic rings. The molecule has 3 heterocycles. The highest BCUT2D eigenvalue weighted by Crippen LogP contribution is 2.31. The Labute approximate surface area is 177 Å². The molecule has 10 heteroatoms. The highest BCUT2D eigenvalue weighted by atomic mass is 16.5. The third-order valence-electron chi connectivity index (χ3n) is 4.81. The summed E-state index contributed by atoms with van der Waals surface area (Å²) in [6, 6.07) is 11.7. The van der Waals surface area contributed by atoms with Crippen LogP contribution in [0.5, 0.6) is 5.88 Å². The van der Waals surface area contributed by atoms with Gasteiger partial charge in [-0.15, -0.1) is 10.2 Å². The molecule has 0 unspecified atom stereocenters. The second-order valence-electron chi connectivity index (χ2n) is 6.68. The van der Waals surface area contributed by atoms with Crippen LogP contribution in [0.25, 0.3) is 17.0 Å². The molecule has 0 spiro atoms. The van der Waals surface area contributed by atoms with Crippen molar-refractivity contribution in [3.63, 3.8) is 0 Å². The maximum Gasteiger partial charge on any atom is 0.284 e. The number of aromatic amines is 2. The molecule has 0 atom stereocenters. The van der Waals surface area contributed by atoms with Crippen molar-refractivity contribution in [3.05, 3.63) is 57.6 Å². The number of benzene rings is 1. The highest BCUT2D eigenvalue weighted by Gasteiger charge is 2.21. The molecule has 0 fully saturated rings. The number of ether oxygens (including phenoxy) is 1. The van der Waals surface area contributed by atoms with Crippen LogP contribution in [0.4, 0.5) is 11.5 Å². The maximum absolute atomic E-state index is 12.8. The largest absolute Gasteiger partial charge is 0.477 e. The lowest BCUT2D eigenvalue weighted by Crippen LogP contribution is -2.12. The number of rotatable bonds is 6. The van der Waals surface area contributed by atoms with Gasteiger partial charge in [-0.1, -0.05) is 37.3 Å². The summed E-state index contributed by atoms with van der Waals surface area (Å²) < 4.78 is 7.49. The van der Waals surface area contributed by atoms with Crippen LogP contribution in [0.3, 0.4) is 0 Å². The molecule has 156 valence electrons. The first-order chi connectivity index (χ1) is 15.1. The predicted molar refractivity (Wildman–Crippen MR) is 114 cm³/mol. The molecule has 0 aliphatic rings. The summed E-state index contributed by atoms with van der Waals surface area (Å²) in [5, 5.41) is 24.3. The van der Waals surface area contributed by atoms with Crippen molar-refractivity contribution in [2.45, 2.75) is 27.2 Å². The molecular formula is C21H20N8O2. The van der Waals surface area contributed by atoms with E-state index in [1.807, 2.05) is 51.1 Å². The molecule has 0 amide bonds. The number of nitrogens with one attached hydrogen (secondary N) is 2. The molecule has 0 radical (unpaired) electrons. The van der Waals surface area contributed by atoms with Gasteiger partial charge in [0, 0.05) is 5.56 Å². The fraction of sp³-hybridized carbons (Fsp3) is 0.238. The number of aromatic nitrogens is 5. The Morgan fingerprint density at radius 3 is 2.68 bits per heavy atom. The summed E-state index contributed by atoms with van der Waals surface area (Å²) in [6.07, 6.45) is 0.596. The average Bonchev–Trinajstić information content (AvgIpc) is 3.34. The lowest BCUT2D eigenvalue weighted by Gasteiger charge is -2.09. The average molecular weight is 416 g/mol. The number of nitriles is 1. The molecule has 2 N–H and O–H groups in total. The van der Waals surface area contributed by atoms with E-state index in [0.29, 0.717) is 30.1 Å². The number of azo groups is 1. The molecule has 1 aromatic carbocycles. The van der Waals surface area contributed by atoms with E-state index >= 15 is 0 Å². The van der Waals surface area contributed by atoms with Crippen molar-refractivity contribution in [1.82, 2.24) is 24.6 Å². The summed E-state index contributed by atoms with van der Waals surface area (Å²) in [7, 11) is 0. The Hall–Kier alpha value is -4.26. The predicted octanol–water partition coefficient (Wildman–Crippen LogP) is 3.97. The second kappa shape index (κ2) is 8.23. The Morgan fingerprint density at radius 1 is 1.23 bits per heavy atom. The van der Waals surface area contributed by atoms with E-state index in [1.54, 1.807) is 4.40 Å². The maximum atomic E-state index is 12.8. The van der Waals surface area contributed by atoms with Crippen LogP contribution in [0.2, 0.25) is 0 Å². The van der Waals surface area contributed by atoms with Gasteiger partial charge >= 0.3 is 0 Å². The smallest absolute Gasteiger partial charge is 0.284 e. The first-order valence-corrected chi connectivity index (χ1v) is 9.81. The number of imidazole rings is 1. The molecule has 0 saturated carbocycles. The van der Waals surface area contributed by atoms with Gasteiger partial charge in [0.15, 0.2) is 0 Å². The van der Waals surface area contributed by atoms with E-state index in [2.05, 4.69) is 36.5 Å². The van der Waals surface area contributed by atoms with Gasteiger partial charge in [-0.25, -0.2) is 4.98 Å². The van der Waals surface area contributed by atoms with E-state index in [0.717, 1.165) is 17.0 Å². The summed E-state index contributed by atoms with van der Waals surface area (Å²) in [4.78, 5) is 20.1. The van der Waals surface area contributed by atoms with Gasteiger partial charge in [0.2, 0.25) is 23.2 Å². The normalized spacial score (nSPS) is 11.3. The van der Waals surface area contributed by atoms with Crippen LogP contribution in [0.1, 0.15) is 30.8 Å². The zero-order chi connectivity index (χ0) is 22.0. The fourth-order valence-electron chi connectivity index (χ4n) is 3.34. The Kier molecular flexibility index (Phi) is 5.32. The molecule has 0 bridgehead atoms. The molecule has 10 nitrogen and oxygen atoms in total. The van der Waals surface area contributed by atoms with Crippen LogP contribution >= 0.6 is 0 Å². The zero-order valence-electron chi connectivity index (χ0n) is 17.3. The molecule has 3 aromatic heterocycles. The molecule has 0 aliphatic heterocycles. The minimum atomic E-state index is -0.505. The number of hydrogen-bond acceptors (Lipinski definition) is 7. The van der Waals surface area contributed by atoms with E-state index < -0.39 is 5.56 Å². The summed E-state index contributed by atoms with van der Waals surface area (Å²) in [5.74, 6) is 0.685. The quantitative estimate of drug-likeness (QED) is 0.458. The van der Waals surface area contributed by atoms with Crippen molar-refractivity contribution in [1.29, 1.82) is 5.26 Å². The van der Waals surface area contributed by atoms with Gasteiger partial charge in [0.25, 0.3) is 5.56 Å². The van der Waals surface area contributed by atoms with Crippen molar-refractivity contribution >= 4 is 17.3 Å². The second-order valence-corrected chi connectivity index (χ2v) is 6.68. The van der Waals surface area contributed by atoms with Gasteiger partial charge in [-0.3, -0.25) is 19.3 Å². The van der Waals surface area contributed by atoms with Crippen molar-refractivity contribution in [2.24, 2.45) is 10.2 Å². The van der Waals surface area contributed by atoms with Crippen molar-refractivity contribution < 1.29 is 4.74 Å². The summed E-state index contributed by atoms with van der Waals surface area (Å²) >= 11 is 0. The number of nitrogens with zero attached hydrogens (tertiary/aromatic N) is 6. The molecule has 0 saturated heterocycles. The molecule has 31 heavy (non-hydrogen) atoms. The Morgan fingerprint density at radius 2 is 2.00 bits per heavy atom. The molecular weight excluding hydrogens is 396 g/mol. The van der Waals surface area contributed by atoms with Crippen molar-refractivity contribution in [2.75, 3.05) is 6.61 Å². The number of fused-ring (bicyclic) bond motifs is 1. The minimum absolute atomic E-state index is 0.0283. The lowest BCUT2D eigenvalue weighted by atomic mass is 10.1. The van der Waals surface area contributed by atoms with Crippen LogP contribution < -0.4 is 10.3 Å². The highest BCUT2D eigenvalue weighted by molar-refractivity contribution is 5.67. The van der Waals surface area contributed by atoms with E-state index in [-0.39, 0.29) is 17.4 Å². The van der Waals surface area contributed by atoms with Gasteiger partial charge in [-0.2, -0.15) is 10.4 Å². The van der Waals surface area contributed by atoms with Crippen LogP contribution in [-0.2, 0) is 6.42 Å². The van der Waals surface area contributed by atoms with E-state index in [4.69, 9.17) is 4.74 Å². The SMILES string of the molecule is CCOc1c(/N=N/c2n[nH]c(CC)c2C#N)c(=O)[nH]c2nc(-c3ccccc3)c(C)n12. The molecule has 4 rings (SSSR count). The van der Waals surface area contributed by atoms with Gasteiger partial charge in [0.1, 0.15) is 11.6 Å². The standard InChI is InChI=1S/C21H20N8O2/c1-4-15-14(11-22)18(27-25-15)28-26-17-19(30)24-21-23-16(13-9-7-6-8-10-13)12(3)29(21)20(17)31-5-2/h6-10H,4-5H2,1-3H3,(H,25,27)(H,23,24,30)/b28-26+. The topological polar surface area (TPSA) is 137 Å². The third-order valence-corrected chi connectivity index (χ3v) is 4.81.